The van der Waals surface area contributed by atoms with Gasteiger partial charge in [-0.2, -0.15) is 4.31 Å². The van der Waals surface area contributed by atoms with Crippen LogP contribution in [0.15, 0.2) is 41.3 Å². The second-order valence-electron chi connectivity index (χ2n) is 6.90. The van der Waals surface area contributed by atoms with Crippen molar-refractivity contribution in [2.45, 2.75) is 24.7 Å². The quantitative estimate of drug-likeness (QED) is 0.766. The summed E-state index contributed by atoms with van der Waals surface area (Å²) >= 11 is 6.09. The SMILES string of the molecule is COc1ccc(F)cc1S(=O)(=O)N1CCC[C@@H](C(=O)Nc2cccc(Cl)c2C)C1. The van der Waals surface area contributed by atoms with Gasteiger partial charge in [-0.1, -0.05) is 17.7 Å². The molecule has 1 amide bonds. The first-order chi connectivity index (χ1) is 13.7. The van der Waals surface area contributed by atoms with Gasteiger partial charge >= 0.3 is 0 Å². The van der Waals surface area contributed by atoms with Gasteiger partial charge in [0, 0.05) is 23.8 Å². The molecule has 29 heavy (non-hydrogen) atoms. The summed E-state index contributed by atoms with van der Waals surface area (Å²) < 4.78 is 46.1. The van der Waals surface area contributed by atoms with E-state index in [1.165, 1.54) is 17.5 Å². The Hall–Kier alpha value is -2.16. The number of nitrogens with zero attached hydrogens (tertiary/aromatic N) is 1. The zero-order chi connectivity index (χ0) is 21.2. The van der Waals surface area contributed by atoms with Crippen LogP contribution >= 0.6 is 11.6 Å². The van der Waals surface area contributed by atoms with E-state index in [2.05, 4.69) is 5.32 Å². The monoisotopic (exact) mass is 440 g/mol. The first kappa shape index (κ1) is 21.5. The van der Waals surface area contributed by atoms with Crippen LogP contribution in [0.4, 0.5) is 10.1 Å². The van der Waals surface area contributed by atoms with Gasteiger partial charge < -0.3 is 10.1 Å². The van der Waals surface area contributed by atoms with E-state index in [0.29, 0.717) is 23.6 Å². The van der Waals surface area contributed by atoms with Crippen LogP contribution in [-0.2, 0) is 14.8 Å². The number of halogens is 2. The summed E-state index contributed by atoms with van der Waals surface area (Å²) in [5.41, 5.74) is 1.33. The van der Waals surface area contributed by atoms with Crippen molar-refractivity contribution in [3.63, 3.8) is 0 Å². The van der Waals surface area contributed by atoms with Crippen LogP contribution in [0.5, 0.6) is 5.75 Å². The highest BCUT2D eigenvalue weighted by molar-refractivity contribution is 7.89. The predicted octanol–water partition coefficient (Wildman–Crippen LogP) is 3.84. The maximum atomic E-state index is 13.7. The summed E-state index contributed by atoms with van der Waals surface area (Å²) in [4.78, 5) is 12.5. The molecule has 156 valence electrons. The highest BCUT2D eigenvalue weighted by atomic mass is 35.5. The molecule has 0 radical (unpaired) electrons. The topological polar surface area (TPSA) is 75.7 Å². The Kier molecular flexibility index (Phi) is 6.45. The maximum absolute atomic E-state index is 13.7. The number of sulfonamides is 1. The van der Waals surface area contributed by atoms with Gasteiger partial charge in [0.2, 0.25) is 15.9 Å². The Balaban J connectivity index is 1.80. The number of amides is 1. The molecule has 0 bridgehead atoms. The summed E-state index contributed by atoms with van der Waals surface area (Å²) in [6.07, 6.45) is 1.07. The number of piperidine rings is 1. The molecule has 0 saturated carbocycles. The molecular formula is C20H22ClFN2O4S. The third-order valence-electron chi connectivity index (χ3n) is 5.02. The first-order valence-electron chi connectivity index (χ1n) is 9.13. The maximum Gasteiger partial charge on any atom is 0.246 e. The zero-order valence-corrected chi connectivity index (χ0v) is 17.7. The van der Waals surface area contributed by atoms with Crippen molar-refractivity contribution in [3.05, 3.63) is 52.8 Å². The zero-order valence-electron chi connectivity index (χ0n) is 16.1. The third kappa shape index (κ3) is 4.55. The number of carbonyl (C=O) groups is 1. The molecule has 2 aromatic rings. The van der Waals surface area contributed by atoms with Crippen molar-refractivity contribution >= 4 is 33.2 Å². The fourth-order valence-electron chi connectivity index (χ4n) is 3.34. The number of methoxy groups -OCH3 is 1. The number of nitrogens with one attached hydrogen (secondary N) is 1. The van der Waals surface area contributed by atoms with Gasteiger partial charge in [0.1, 0.15) is 16.5 Å². The van der Waals surface area contributed by atoms with Crippen LogP contribution in [0.25, 0.3) is 0 Å². The molecule has 1 heterocycles. The van der Waals surface area contributed by atoms with E-state index in [9.17, 15) is 17.6 Å². The molecular weight excluding hydrogens is 419 g/mol. The number of rotatable bonds is 5. The highest BCUT2D eigenvalue weighted by Crippen LogP contribution is 2.31. The highest BCUT2D eigenvalue weighted by Gasteiger charge is 2.35. The molecule has 2 aromatic carbocycles. The molecule has 1 N–H and O–H groups in total. The second kappa shape index (κ2) is 8.69. The summed E-state index contributed by atoms with van der Waals surface area (Å²) in [5, 5.41) is 3.37. The lowest BCUT2D eigenvalue weighted by Gasteiger charge is -2.31. The van der Waals surface area contributed by atoms with Crippen molar-refractivity contribution in [2.24, 2.45) is 5.92 Å². The molecule has 6 nitrogen and oxygen atoms in total. The van der Waals surface area contributed by atoms with Crippen LogP contribution in [0.1, 0.15) is 18.4 Å². The fraction of sp³-hybridized carbons (Fsp3) is 0.350. The van der Waals surface area contributed by atoms with Gasteiger partial charge in [-0.15, -0.1) is 0 Å². The van der Waals surface area contributed by atoms with E-state index in [1.807, 2.05) is 0 Å². The number of hydrogen-bond acceptors (Lipinski definition) is 4. The minimum absolute atomic E-state index is 0.00739. The Morgan fingerprint density at radius 2 is 2.07 bits per heavy atom. The molecule has 0 unspecified atom stereocenters. The number of anilines is 1. The minimum Gasteiger partial charge on any atom is -0.495 e. The lowest BCUT2D eigenvalue weighted by Crippen LogP contribution is -2.43. The number of hydrogen-bond donors (Lipinski definition) is 1. The Morgan fingerprint density at radius 1 is 1.31 bits per heavy atom. The van der Waals surface area contributed by atoms with E-state index in [4.69, 9.17) is 16.3 Å². The number of carbonyl (C=O) groups excluding carboxylic acids is 1. The lowest BCUT2D eigenvalue weighted by molar-refractivity contribution is -0.120. The molecule has 1 aliphatic rings. The van der Waals surface area contributed by atoms with Crippen molar-refractivity contribution < 1.29 is 22.3 Å². The van der Waals surface area contributed by atoms with Gasteiger partial charge in [0.05, 0.1) is 13.0 Å². The fourth-order valence-corrected chi connectivity index (χ4v) is 5.21. The molecule has 1 aliphatic heterocycles. The van der Waals surface area contributed by atoms with Crippen molar-refractivity contribution in [2.75, 3.05) is 25.5 Å². The van der Waals surface area contributed by atoms with Crippen LogP contribution in [0.2, 0.25) is 5.02 Å². The van der Waals surface area contributed by atoms with E-state index in [-0.39, 0.29) is 29.6 Å². The average Bonchev–Trinajstić information content (AvgIpc) is 2.71. The van der Waals surface area contributed by atoms with Gasteiger partial charge in [0.25, 0.3) is 0 Å². The lowest BCUT2D eigenvalue weighted by atomic mass is 9.98. The van der Waals surface area contributed by atoms with E-state index in [1.54, 1.807) is 25.1 Å². The smallest absolute Gasteiger partial charge is 0.246 e. The number of ether oxygens (including phenoxy) is 1. The third-order valence-corrected chi connectivity index (χ3v) is 7.32. The molecule has 1 saturated heterocycles. The van der Waals surface area contributed by atoms with Crippen molar-refractivity contribution in [3.8, 4) is 5.75 Å². The van der Waals surface area contributed by atoms with E-state index < -0.39 is 21.8 Å². The minimum atomic E-state index is -4.01. The van der Waals surface area contributed by atoms with Crippen molar-refractivity contribution in [1.29, 1.82) is 0 Å². The van der Waals surface area contributed by atoms with Crippen LogP contribution < -0.4 is 10.1 Å². The second-order valence-corrected chi connectivity index (χ2v) is 9.21. The van der Waals surface area contributed by atoms with Gasteiger partial charge in [-0.05, 0) is 55.7 Å². The first-order valence-corrected chi connectivity index (χ1v) is 11.0. The van der Waals surface area contributed by atoms with Crippen LogP contribution in [0, 0.1) is 18.7 Å². The molecule has 1 atom stereocenters. The summed E-state index contributed by atoms with van der Waals surface area (Å²) in [5.74, 6) is -1.42. The molecule has 1 fully saturated rings. The molecule has 9 heteroatoms. The summed E-state index contributed by atoms with van der Waals surface area (Å²) in [7, 11) is -2.69. The standard InChI is InChI=1S/C20H22ClFN2O4S/c1-13-16(21)6-3-7-17(13)23-20(25)14-5-4-10-24(12-14)29(26,27)19-11-15(22)8-9-18(19)28-2/h3,6-9,11,14H,4-5,10,12H2,1-2H3,(H,23,25)/t14-/m1/s1. The predicted molar refractivity (Wildman–Crippen MR) is 109 cm³/mol. The van der Waals surface area contributed by atoms with Gasteiger partial charge in [-0.3, -0.25) is 4.79 Å². The van der Waals surface area contributed by atoms with Crippen molar-refractivity contribution in [1.82, 2.24) is 4.31 Å². The van der Waals surface area contributed by atoms with E-state index >= 15 is 0 Å². The number of benzene rings is 2. The Labute approximate surface area is 174 Å². The average molecular weight is 441 g/mol. The summed E-state index contributed by atoms with van der Waals surface area (Å²) in [6, 6.07) is 8.56. The van der Waals surface area contributed by atoms with Gasteiger partial charge in [-0.25, -0.2) is 12.8 Å². The molecule has 3 rings (SSSR count). The summed E-state index contributed by atoms with van der Waals surface area (Å²) in [6.45, 7) is 2.06. The van der Waals surface area contributed by atoms with Gasteiger partial charge in [0.15, 0.2) is 0 Å². The molecule has 0 aromatic heterocycles. The largest absolute Gasteiger partial charge is 0.495 e. The van der Waals surface area contributed by atoms with Crippen LogP contribution in [-0.4, -0.2) is 38.8 Å². The normalized spacial score (nSPS) is 17.7. The Bertz CT molecular complexity index is 1030. The van der Waals surface area contributed by atoms with E-state index in [0.717, 1.165) is 17.7 Å². The molecule has 0 spiro atoms. The Morgan fingerprint density at radius 3 is 2.79 bits per heavy atom. The molecule has 0 aliphatic carbocycles. The van der Waals surface area contributed by atoms with Crippen LogP contribution in [0.3, 0.4) is 0 Å².